The summed E-state index contributed by atoms with van der Waals surface area (Å²) in [5, 5.41) is 3.21. The fourth-order valence-corrected chi connectivity index (χ4v) is 1.19. The van der Waals surface area contributed by atoms with Gasteiger partial charge in [-0.15, -0.1) is 0 Å². The molecule has 1 N–H and O–H groups in total. The Balaban J connectivity index is 2.04. The molecule has 2 heterocycles. The van der Waals surface area contributed by atoms with Gasteiger partial charge < -0.3 is 9.15 Å². The van der Waals surface area contributed by atoms with Crippen molar-refractivity contribution >= 4 is 0 Å². The molecule has 1 fully saturated rings. The average Bonchev–Trinajstić information content (AvgIpc) is 2.58. The van der Waals surface area contributed by atoms with Crippen molar-refractivity contribution in [3.8, 4) is 0 Å². The highest BCUT2D eigenvalue weighted by Crippen LogP contribution is 2.17. The third-order valence-corrected chi connectivity index (χ3v) is 1.74. The third kappa shape index (κ3) is 1.44. The standard InChI is InChI=1S/C8H11NO2/c1-3-7(10-5-1)8-9-4-2-6-11-8/h1,3,5,8-9H,2,4,6H2. The molecule has 1 aromatic rings. The summed E-state index contributed by atoms with van der Waals surface area (Å²) < 4.78 is 10.6. The van der Waals surface area contributed by atoms with Crippen LogP contribution in [0.3, 0.4) is 0 Å². The van der Waals surface area contributed by atoms with Gasteiger partial charge in [-0.1, -0.05) is 0 Å². The minimum atomic E-state index is -0.0289. The number of nitrogens with one attached hydrogen (secondary N) is 1. The molecule has 0 radical (unpaired) electrons. The van der Waals surface area contributed by atoms with E-state index in [1.165, 1.54) is 0 Å². The van der Waals surface area contributed by atoms with Gasteiger partial charge in [0, 0.05) is 6.54 Å². The molecular formula is C8H11NO2. The van der Waals surface area contributed by atoms with Crippen LogP contribution in [-0.2, 0) is 4.74 Å². The Hall–Kier alpha value is -0.800. The molecule has 0 aliphatic carbocycles. The van der Waals surface area contributed by atoms with Crippen LogP contribution >= 0.6 is 0 Å². The van der Waals surface area contributed by atoms with Crippen molar-refractivity contribution in [2.24, 2.45) is 0 Å². The molecular weight excluding hydrogens is 142 g/mol. The van der Waals surface area contributed by atoms with Crippen molar-refractivity contribution in [3.05, 3.63) is 24.2 Å². The van der Waals surface area contributed by atoms with Gasteiger partial charge in [0.1, 0.15) is 5.76 Å². The summed E-state index contributed by atoms with van der Waals surface area (Å²) in [4.78, 5) is 0. The van der Waals surface area contributed by atoms with Gasteiger partial charge in [-0.3, -0.25) is 5.32 Å². The van der Waals surface area contributed by atoms with Crippen molar-refractivity contribution in [1.29, 1.82) is 0 Å². The van der Waals surface area contributed by atoms with Crippen LogP contribution in [0.15, 0.2) is 22.8 Å². The molecule has 11 heavy (non-hydrogen) atoms. The van der Waals surface area contributed by atoms with E-state index in [9.17, 15) is 0 Å². The van der Waals surface area contributed by atoms with Crippen LogP contribution in [0.25, 0.3) is 0 Å². The van der Waals surface area contributed by atoms with Crippen LogP contribution in [0.5, 0.6) is 0 Å². The van der Waals surface area contributed by atoms with E-state index in [2.05, 4.69) is 5.32 Å². The van der Waals surface area contributed by atoms with Crippen LogP contribution in [0, 0.1) is 0 Å². The molecule has 0 bridgehead atoms. The minimum Gasteiger partial charge on any atom is -0.465 e. The molecule has 1 unspecified atom stereocenters. The summed E-state index contributed by atoms with van der Waals surface area (Å²) in [6, 6.07) is 3.79. The Kier molecular flexibility index (Phi) is 1.92. The quantitative estimate of drug-likeness (QED) is 0.660. The number of ether oxygens (including phenoxy) is 1. The predicted octanol–water partition coefficient (Wildman–Crippen LogP) is 1.29. The number of rotatable bonds is 1. The summed E-state index contributed by atoms with van der Waals surface area (Å²) in [5.41, 5.74) is 0. The summed E-state index contributed by atoms with van der Waals surface area (Å²) in [5.74, 6) is 0.865. The van der Waals surface area contributed by atoms with E-state index in [0.717, 1.165) is 25.3 Å². The van der Waals surface area contributed by atoms with E-state index in [-0.39, 0.29) is 6.23 Å². The molecule has 1 aliphatic rings. The van der Waals surface area contributed by atoms with Gasteiger partial charge in [0.25, 0.3) is 0 Å². The zero-order valence-electron chi connectivity index (χ0n) is 6.25. The second-order valence-corrected chi connectivity index (χ2v) is 2.57. The summed E-state index contributed by atoms with van der Waals surface area (Å²) >= 11 is 0. The molecule has 60 valence electrons. The average molecular weight is 153 g/mol. The highest BCUT2D eigenvalue weighted by molar-refractivity contribution is 5.01. The van der Waals surface area contributed by atoms with E-state index in [0.29, 0.717) is 0 Å². The van der Waals surface area contributed by atoms with E-state index in [4.69, 9.17) is 9.15 Å². The fourth-order valence-electron chi connectivity index (χ4n) is 1.19. The van der Waals surface area contributed by atoms with Crippen molar-refractivity contribution in [2.75, 3.05) is 13.2 Å². The first-order valence-corrected chi connectivity index (χ1v) is 3.85. The van der Waals surface area contributed by atoms with Crippen LogP contribution in [0.4, 0.5) is 0 Å². The van der Waals surface area contributed by atoms with Gasteiger partial charge in [0.2, 0.25) is 0 Å². The van der Waals surface area contributed by atoms with Gasteiger partial charge in [-0.2, -0.15) is 0 Å². The van der Waals surface area contributed by atoms with Gasteiger partial charge in [-0.05, 0) is 18.6 Å². The molecule has 2 rings (SSSR count). The monoisotopic (exact) mass is 153 g/mol. The number of hydrogen-bond donors (Lipinski definition) is 1. The highest BCUT2D eigenvalue weighted by atomic mass is 16.5. The first-order chi connectivity index (χ1) is 5.47. The van der Waals surface area contributed by atoms with Crippen LogP contribution in [0.1, 0.15) is 18.4 Å². The maximum Gasteiger partial charge on any atom is 0.167 e. The van der Waals surface area contributed by atoms with E-state index >= 15 is 0 Å². The molecule has 0 aromatic carbocycles. The molecule has 1 saturated heterocycles. The minimum absolute atomic E-state index is 0.0289. The summed E-state index contributed by atoms with van der Waals surface area (Å²) in [6.45, 7) is 1.82. The Morgan fingerprint density at radius 1 is 1.55 bits per heavy atom. The molecule has 1 aromatic heterocycles. The van der Waals surface area contributed by atoms with Crippen molar-refractivity contribution in [3.63, 3.8) is 0 Å². The topological polar surface area (TPSA) is 34.4 Å². The molecule has 0 saturated carbocycles. The van der Waals surface area contributed by atoms with Gasteiger partial charge in [0.05, 0.1) is 12.9 Å². The lowest BCUT2D eigenvalue weighted by molar-refractivity contribution is -0.0133. The van der Waals surface area contributed by atoms with Crippen molar-refractivity contribution in [1.82, 2.24) is 5.32 Å². The number of hydrogen-bond acceptors (Lipinski definition) is 3. The molecule has 1 atom stereocenters. The molecule has 0 amide bonds. The lowest BCUT2D eigenvalue weighted by Gasteiger charge is -2.21. The normalized spacial score (nSPS) is 25.3. The summed E-state index contributed by atoms with van der Waals surface area (Å²) in [6.07, 6.45) is 2.71. The van der Waals surface area contributed by atoms with Gasteiger partial charge in [-0.25, -0.2) is 0 Å². The van der Waals surface area contributed by atoms with Crippen LogP contribution in [0.2, 0.25) is 0 Å². The van der Waals surface area contributed by atoms with Crippen molar-refractivity contribution < 1.29 is 9.15 Å². The van der Waals surface area contributed by atoms with Crippen molar-refractivity contribution in [2.45, 2.75) is 12.6 Å². The smallest absolute Gasteiger partial charge is 0.167 e. The number of furan rings is 1. The highest BCUT2D eigenvalue weighted by Gasteiger charge is 2.16. The second kappa shape index (κ2) is 3.07. The zero-order valence-corrected chi connectivity index (χ0v) is 6.25. The Morgan fingerprint density at radius 3 is 3.18 bits per heavy atom. The molecule has 1 aliphatic heterocycles. The SMILES string of the molecule is c1coc(C2NCCCO2)c1. The Morgan fingerprint density at radius 2 is 2.55 bits per heavy atom. The van der Waals surface area contributed by atoms with Crippen LogP contribution in [-0.4, -0.2) is 13.2 Å². The van der Waals surface area contributed by atoms with Gasteiger partial charge >= 0.3 is 0 Å². The second-order valence-electron chi connectivity index (χ2n) is 2.57. The first-order valence-electron chi connectivity index (χ1n) is 3.85. The largest absolute Gasteiger partial charge is 0.465 e. The molecule has 3 heteroatoms. The third-order valence-electron chi connectivity index (χ3n) is 1.74. The lowest BCUT2D eigenvalue weighted by atomic mass is 10.3. The fraction of sp³-hybridized carbons (Fsp3) is 0.500. The maximum absolute atomic E-state index is 5.42. The van der Waals surface area contributed by atoms with E-state index in [1.807, 2.05) is 12.1 Å². The Bertz CT molecular complexity index is 202. The summed E-state index contributed by atoms with van der Waals surface area (Å²) in [7, 11) is 0. The first kappa shape index (κ1) is 6.88. The van der Waals surface area contributed by atoms with Gasteiger partial charge in [0.15, 0.2) is 6.23 Å². The lowest BCUT2D eigenvalue weighted by Crippen LogP contribution is -2.30. The zero-order chi connectivity index (χ0) is 7.52. The maximum atomic E-state index is 5.42. The van der Waals surface area contributed by atoms with Crippen LogP contribution < -0.4 is 5.32 Å². The van der Waals surface area contributed by atoms with E-state index in [1.54, 1.807) is 6.26 Å². The van der Waals surface area contributed by atoms with E-state index < -0.39 is 0 Å². The predicted molar refractivity (Wildman–Crippen MR) is 40.0 cm³/mol. The Labute approximate surface area is 65.3 Å². The molecule has 0 spiro atoms. The molecule has 3 nitrogen and oxygen atoms in total.